The molecule has 0 spiro atoms. The summed E-state index contributed by atoms with van der Waals surface area (Å²) in [6.45, 7) is 5.42. The molecule has 3 N–H and O–H groups in total. The van der Waals surface area contributed by atoms with E-state index in [1.807, 2.05) is 29.2 Å². The molecule has 116 valence electrons. The number of nitrogens with zero attached hydrogens (tertiary/aromatic N) is 2. The maximum absolute atomic E-state index is 12.1. The first kappa shape index (κ1) is 15.6. The Morgan fingerprint density at radius 3 is 2.48 bits per heavy atom. The van der Waals surface area contributed by atoms with Gasteiger partial charge in [0.25, 0.3) is 0 Å². The zero-order valence-electron chi connectivity index (χ0n) is 12.5. The number of nitrogens with two attached hydrogens (primary N) is 1. The molecule has 2 rings (SSSR count). The van der Waals surface area contributed by atoms with Gasteiger partial charge in [-0.1, -0.05) is 12.1 Å². The molecule has 0 aromatic heterocycles. The maximum atomic E-state index is 12.1. The highest BCUT2D eigenvalue weighted by atomic mass is 16.5. The van der Waals surface area contributed by atoms with Crippen molar-refractivity contribution in [1.29, 1.82) is 0 Å². The van der Waals surface area contributed by atoms with Crippen LogP contribution in [0.2, 0.25) is 0 Å². The van der Waals surface area contributed by atoms with Crippen molar-refractivity contribution >= 4 is 6.03 Å². The fourth-order valence-electron chi connectivity index (χ4n) is 2.39. The minimum Gasteiger partial charge on any atom is -0.497 e. The van der Waals surface area contributed by atoms with Crippen molar-refractivity contribution in [1.82, 2.24) is 15.1 Å². The quantitative estimate of drug-likeness (QED) is 0.828. The zero-order chi connectivity index (χ0) is 15.1. The average Bonchev–Trinajstić information content (AvgIpc) is 2.54. The number of hydrogen-bond donors (Lipinski definition) is 2. The third kappa shape index (κ3) is 4.61. The summed E-state index contributed by atoms with van der Waals surface area (Å²) < 4.78 is 5.11. The van der Waals surface area contributed by atoms with Crippen LogP contribution in [0, 0.1) is 0 Å². The smallest absolute Gasteiger partial charge is 0.317 e. The number of urea groups is 1. The van der Waals surface area contributed by atoms with Crippen molar-refractivity contribution in [3.8, 4) is 5.75 Å². The van der Waals surface area contributed by atoms with Crippen LogP contribution in [0.1, 0.15) is 5.56 Å². The number of carbonyl (C=O) groups excluding carboxylic acids is 1. The van der Waals surface area contributed by atoms with E-state index in [-0.39, 0.29) is 6.03 Å². The first-order valence-corrected chi connectivity index (χ1v) is 7.31. The number of piperazine rings is 1. The predicted octanol–water partition coefficient (Wildman–Crippen LogP) is 0.481. The standard InChI is InChI=1S/C15H24N4O2/c1-21-14-4-2-13(3-5-14)12-17-15(20)19-10-8-18(7-6-16)9-11-19/h2-5H,6-12,16H2,1H3,(H,17,20). The zero-order valence-corrected chi connectivity index (χ0v) is 12.5. The molecule has 2 amide bonds. The Balaban J connectivity index is 1.74. The van der Waals surface area contributed by atoms with Gasteiger partial charge in [0.15, 0.2) is 0 Å². The molecule has 1 fully saturated rings. The Kier molecular flexibility index (Phi) is 5.83. The maximum Gasteiger partial charge on any atom is 0.317 e. The molecule has 1 aromatic rings. The van der Waals surface area contributed by atoms with Crippen LogP contribution in [-0.4, -0.2) is 62.2 Å². The Hall–Kier alpha value is -1.79. The molecule has 0 saturated carbocycles. The van der Waals surface area contributed by atoms with Crippen LogP contribution in [0.3, 0.4) is 0 Å². The van der Waals surface area contributed by atoms with Gasteiger partial charge in [-0.05, 0) is 17.7 Å². The summed E-state index contributed by atoms with van der Waals surface area (Å²) in [6, 6.07) is 7.70. The summed E-state index contributed by atoms with van der Waals surface area (Å²) in [6.07, 6.45) is 0. The van der Waals surface area contributed by atoms with Crippen molar-refractivity contribution in [2.24, 2.45) is 5.73 Å². The lowest BCUT2D eigenvalue weighted by molar-refractivity contribution is 0.141. The summed E-state index contributed by atoms with van der Waals surface area (Å²) >= 11 is 0. The van der Waals surface area contributed by atoms with Crippen molar-refractivity contribution in [2.45, 2.75) is 6.54 Å². The molecule has 0 aliphatic carbocycles. The molecule has 0 bridgehead atoms. The topological polar surface area (TPSA) is 70.8 Å². The molecule has 0 radical (unpaired) electrons. The SMILES string of the molecule is COc1ccc(CNC(=O)N2CCN(CCN)CC2)cc1. The van der Waals surface area contributed by atoms with Crippen LogP contribution < -0.4 is 15.8 Å². The minimum atomic E-state index is -0.00165. The summed E-state index contributed by atoms with van der Waals surface area (Å²) in [4.78, 5) is 16.2. The van der Waals surface area contributed by atoms with E-state index in [0.717, 1.165) is 44.0 Å². The van der Waals surface area contributed by atoms with Gasteiger partial charge in [-0.25, -0.2) is 4.79 Å². The molecule has 6 heteroatoms. The van der Waals surface area contributed by atoms with Gasteiger partial charge in [0.2, 0.25) is 0 Å². The second kappa shape index (κ2) is 7.85. The molecule has 21 heavy (non-hydrogen) atoms. The van der Waals surface area contributed by atoms with E-state index in [9.17, 15) is 4.79 Å². The lowest BCUT2D eigenvalue weighted by Gasteiger charge is -2.34. The van der Waals surface area contributed by atoms with Crippen molar-refractivity contribution < 1.29 is 9.53 Å². The van der Waals surface area contributed by atoms with Crippen LogP contribution in [-0.2, 0) is 6.54 Å². The van der Waals surface area contributed by atoms with Gasteiger partial charge in [-0.3, -0.25) is 4.90 Å². The normalized spacial score (nSPS) is 15.8. The van der Waals surface area contributed by atoms with Crippen LogP contribution in [0.5, 0.6) is 5.75 Å². The van der Waals surface area contributed by atoms with Crippen LogP contribution in [0.15, 0.2) is 24.3 Å². The molecular formula is C15H24N4O2. The highest BCUT2D eigenvalue weighted by molar-refractivity contribution is 5.74. The number of benzene rings is 1. The fraction of sp³-hybridized carbons (Fsp3) is 0.533. The van der Waals surface area contributed by atoms with Crippen LogP contribution >= 0.6 is 0 Å². The molecule has 1 aliphatic heterocycles. The molecule has 1 saturated heterocycles. The molecule has 0 atom stereocenters. The molecule has 1 aliphatic rings. The number of nitrogens with one attached hydrogen (secondary N) is 1. The van der Waals surface area contributed by atoms with Gasteiger partial charge >= 0.3 is 6.03 Å². The largest absolute Gasteiger partial charge is 0.497 e. The third-order valence-corrected chi connectivity index (χ3v) is 3.71. The molecular weight excluding hydrogens is 268 g/mol. The first-order chi connectivity index (χ1) is 10.2. The van der Waals surface area contributed by atoms with E-state index in [2.05, 4.69) is 10.2 Å². The van der Waals surface area contributed by atoms with E-state index in [4.69, 9.17) is 10.5 Å². The average molecular weight is 292 g/mol. The van der Waals surface area contributed by atoms with Gasteiger partial charge in [0, 0.05) is 45.8 Å². The Morgan fingerprint density at radius 2 is 1.90 bits per heavy atom. The summed E-state index contributed by atoms with van der Waals surface area (Å²) in [5, 5.41) is 2.96. The van der Waals surface area contributed by atoms with Crippen molar-refractivity contribution in [3.05, 3.63) is 29.8 Å². The van der Waals surface area contributed by atoms with Gasteiger partial charge < -0.3 is 20.7 Å². The molecule has 6 nitrogen and oxygen atoms in total. The van der Waals surface area contributed by atoms with E-state index in [1.54, 1.807) is 7.11 Å². The summed E-state index contributed by atoms with van der Waals surface area (Å²) in [7, 11) is 1.64. The van der Waals surface area contributed by atoms with Gasteiger partial charge in [0.05, 0.1) is 7.11 Å². The van der Waals surface area contributed by atoms with Crippen molar-refractivity contribution in [3.63, 3.8) is 0 Å². The van der Waals surface area contributed by atoms with Crippen molar-refractivity contribution in [2.75, 3.05) is 46.4 Å². The molecule has 1 heterocycles. The second-order valence-corrected chi connectivity index (χ2v) is 5.12. The van der Waals surface area contributed by atoms with E-state index in [0.29, 0.717) is 13.1 Å². The summed E-state index contributed by atoms with van der Waals surface area (Å²) in [5.74, 6) is 0.820. The predicted molar refractivity (Wildman–Crippen MR) is 82.3 cm³/mol. The third-order valence-electron chi connectivity index (χ3n) is 3.71. The van der Waals surface area contributed by atoms with E-state index < -0.39 is 0 Å². The first-order valence-electron chi connectivity index (χ1n) is 7.31. The lowest BCUT2D eigenvalue weighted by atomic mass is 10.2. The summed E-state index contributed by atoms with van der Waals surface area (Å²) in [5.41, 5.74) is 6.60. The Labute approximate surface area is 125 Å². The lowest BCUT2D eigenvalue weighted by Crippen LogP contribution is -2.52. The number of carbonyl (C=O) groups is 1. The number of ether oxygens (including phenoxy) is 1. The van der Waals surface area contributed by atoms with E-state index >= 15 is 0 Å². The number of methoxy groups -OCH3 is 1. The second-order valence-electron chi connectivity index (χ2n) is 5.12. The Bertz CT molecular complexity index is 441. The van der Waals surface area contributed by atoms with Gasteiger partial charge in [-0.2, -0.15) is 0 Å². The minimum absolute atomic E-state index is 0.00165. The van der Waals surface area contributed by atoms with Gasteiger partial charge in [0.1, 0.15) is 5.75 Å². The fourth-order valence-corrected chi connectivity index (χ4v) is 2.39. The number of hydrogen-bond acceptors (Lipinski definition) is 4. The molecule has 0 unspecified atom stereocenters. The Morgan fingerprint density at radius 1 is 1.24 bits per heavy atom. The van der Waals surface area contributed by atoms with E-state index in [1.165, 1.54) is 0 Å². The highest BCUT2D eigenvalue weighted by Crippen LogP contribution is 2.11. The molecule has 1 aromatic carbocycles. The van der Waals surface area contributed by atoms with Crippen LogP contribution in [0.25, 0.3) is 0 Å². The highest BCUT2D eigenvalue weighted by Gasteiger charge is 2.20. The monoisotopic (exact) mass is 292 g/mol. The van der Waals surface area contributed by atoms with Crippen LogP contribution in [0.4, 0.5) is 4.79 Å². The number of rotatable bonds is 5. The van der Waals surface area contributed by atoms with Gasteiger partial charge in [-0.15, -0.1) is 0 Å². The number of amides is 2.